The molecule has 1 aliphatic rings. The maximum Gasteiger partial charge on any atom is 0.435 e. The van der Waals surface area contributed by atoms with E-state index in [0.29, 0.717) is 54.1 Å². The Morgan fingerprint density at radius 2 is 1.86 bits per heavy atom. The summed E-state index contributed by atoms with van der Waals surface area (Å²) in [6.45, 7) is 3.09. The van der Waals surface area contributed by atoms with Crippen LogP contribution in [0.1, 0.15) is 45.2 Å². The van der Waals surface area contributed by atoms with Gasteiger partial charge >= 0.3 is 6.18 Å². The molecule has 0 bridgehead atoms. The fraction of sp³-hybridized carbons (Fsp3) is 0.290. The summed E-state index contributed by atoms with van der Waals surface area (Å²) in [4.78, 5) is 24.7. The van der Waals surface area contributed by atoms with Crippen molar-refractivity contribution in [1.82, 2.24) is 24.3 Å². The molecular formula is C31H29F3N6O2. The minimum absolute atomic E-state index is 0.0406. The number of hydrogen-bond donors (Lipinski definition) is 0. The van der Waals surface area contributed by atoms with E-state index in [1.807, 2.05) is 16.7 Å². The van der Waals surface area contributed by atoms with Gasteiger partial charge in [0, 0.05) is 74.1 Å². The molecule has 1 aliphatic heterocycles. The van der Waals surface area contributed by atoms with Crippen LogP contribution in [0.2, 0.25) is 0 Å². The predicted molar refractivity (Wildman–Crippen MR) is 152 cm³/mol. The molecule has 42 heavy (non-hydrogen) atoms. The lowest BCUT2D eigenvalue weighted by molar-refractivity contribution is -0.140. The van der Waals surface area contributed by atoms with E-state index >= 15 is 0 Å². The number of anilines is 1. The number of ether oxygens (including phenoxy) is 1. The Bertz CT molecular complexity index is 1790. The van der Waals surface area contributed by atoms with Gasteiger partial charge in [0.2, 0.25) is 0 Å². The minimum atomic E-state index is -4.65. The molecule has 0 saturated heterocycles. The summed E-state index contributed by atoms with van der Waals surface area (Å²) < 4.78 is 50.6. The third-order valence-electron chi connectivity index (χ3n) is 7.64. The number of carbonyl (C=O) groups excluding carboxylic acids is 1. The number of aromatic nitrogens is 5. The average Bonchev–Trinajstić information content (AvgIpc) is 3.62. The van der Waals surface area contributed by atoms with Crippen molar-refractivity contribution < 1.29 is 22.7 Å². The number of benzene rings is 2. The first kappa shape index (κ1) is 27.6. The number of rotatable bonds is 7. The Labute approximate surface area is 240 Å². The third kappa shape index (κ3) is 4.94. The summed E-state index contributed by atoms with van der Waals surface area (Å²) in [6.07, 6.45) is 4.59. The van der Waals surface area contributed by atoms with Crippen LogP contribution in [0.5, 0.6) is 0 Å². The van der Waals surface area contributed by atoms with Crippen LogP contribution >= 0.6 is 0 Å². The van der Waals surface area contributed by atoms with Crippen molar-refractivity contribution in [2.75, 3.05) is 18.6 Å². The number of amides is 1. The zero-order valence-corrected chi connectivity index (χ0v) is 23.4. The van der Waals surface area contributed by atoms with E-state index in [0.717, 1.165) is 33.1 Å². The van der Waals surface area contributed by atoms with E-state index in [-0.39, 0.29) is 11.5 Å². The first-order valence-corrected chi connectivity index (χ1v) is 13.6. The van der Waals surface area contributed by atoms with Gasteiger partial charge in [-0.05, 0) is 59.4 Å². The number of methoxy groups -OCH3 is 1. The number of carbonyl (C=O) groups is 1. The second-order valence-electron chi connectivity index (χ2n) is 10.4. The van der Waals surface area contributed by atoms with Gasteiger partial charge in [0.15, 0.2) is 5.69 Å². The van der Waals surface area contributed by atoms with Gasteiger partial charge in [-0.1, -0.05) is 13.0 Å². The van der Waals surface area contributed by atoms with Crippen LogP contribution in [-0.2, 0) is 44.0 Å². The average molecular weight is 575 g/mol. The van der Waals surface area contributed by atoms with Crippen molar-refractivity contribution in [1.29, 1.82) is 0 Å². The highest BCUT2D eigenvalue weighted by molar-refractivity contribution is 6.13. The molecule has 4 heterocycles. The first-order chi connectivity index (χ1) is 20.2. The molecule has 2 aromatic carbocycles. The maximum atomic E-state index is 14.3. The van der Waals surface area contributed by atoms with Crippen LogP contribution < -0.4 is 4.90 Å². The second kappa shape index (κ2) is 10.7. The van der Waals surface area contributed by atoms with Gasteiger partial charge in [-0.2, -0.15) is 18.3 Å². The fourth-order valence-electron chi connectivity index (χ4n) is 5.80. The molecule has 0 unspecified atom stereocenters. The zero-order valence-electron chi connectivity index (χ0n) is 23.4. The molecule has 0 spiro atoms. The molecule has 0 atom stereocenters. The van der Waals surface area contributed by atoms with Crippen LogP contribution in [0.4, 0.5) is 18.9 Å². The molecule has 11 heteroatoms. The van der Waals surface area contributed by atoms with Gasteiger partial charge in [0.1, 0.15) is 0 Å². The number of pyridine rings is 1. The highest BCUT2D eigenvalue weighted by Crippen LogP contribution is 2.41. The molecule has 1 amide bonds. The second-order valence-corrected chi connectivity index (χ2v) is 10.4. The molecule has 5 aromatic rings. The monoisotopic (exact) mass is 574 g/mol. The summed E-state index contributed by atoms with van der Waals surface area (Å²) in [6, 6.07) is 9.46. The van der Waals surface area contributed by atoms with Crippen molar-refractivity contribution in [3.05, 3.63) is 95.0 Å². The van der Waals surface area contributed by atoms with E-state index in [2.05, 4.69) is 28.1 Å². The number of fused-ring (bicyclic) bond motifs is 2. The lowest BCUT2D eigenvalue weighted by atomic mass is 9.87. The third-order valence-corrected chi connectivity index (χ3v) is 7.64. The van der Waals surface area contributed by atoms with E-state index in [9.17, 15) is 18.0 Å². The standard InChI is InChI=1S/C31H29F3N6O2/c1-4-19-11-21(17-42-3)28-25(12-19)27(5-7-36-28)40-9-6-22-23(26-16-38(2)37-29(26)31(32,33)34)13-20(14-24(22)30(40)41)15-39-10-8-35-18-39/h5,7-8,10-14,16,18H,4,6,9,15,17H2,1-3H3. The van der Waals surface area contributed by atoms with E-state index in [1.165, 1.54) is 13.2 Å². The molecule has 0 aliphatic carbocycles. The van der Waals surface area contributed by atoms with Crippen molar-refractivity contribution in [2.24, 2.45) is 7.05 Å². The van der Waals surface area contributed by atoms with Crippen molar-refractivity contribution in [2.45, 2.75) is 39.1 Å². The quantitative estimate of drug-likeness (QED) is 0.245. The molecule has 3 aromatic heterocycles. The van der Waals surface area contributed by atoms with Gasteiger partial charge in [-0.25, -0.2) is 4.98 Å². The zero-order chi connectivity index (χ0) is 29.6. The molecule has 8 nitrogen and oxygen atoms in total. The molecular weight excluding hydrogens is 545 g/mol. The molecule has 6 rings (SSSR count). The highest BCUT2D eigenvalue weighted by Gasteiger charge is 2.39. The fourth-order valence-corrected chi connectivity index (χ4v) is 5.80. The van der Waals surface area contributed by atoms with E-state index < -0.39 is 11.9 Å². The lowest BCUT2D eigenvalue weighted by Crippen LogP contribution is -2.38. The minimum Gasteiger partial charge on any atom is -0.380 e. The smallest absolute Gasteiger partial charge is 0.380 e. The predicted octanol–water partition coefficient (Wildman–Crippen LogP) is 5.81. The number of aryl methyl sites for hydroxylation is 2. The summed E-state index contributed by atoms with van der Waals surface area (Å²) in [5, 5.41) is 4.57. The molecule has 0 saturated carbocycles. The number of alkyl halides is 3. The van der Waals surface area contributed by atoms with Crippen molar-refractivity contribution >= 4 is 22.5 Å². The Balaban J connectivity index is 1.52. The molecule has 0 radical (unpaired) electrons. The lowest BCUT2D eigenvalue weighted by Gasteiger charge is -2.31. The summed E-state index contributed by atoms with van der Waals surface area (Å²) in [7, 11) is 3.09. The van der Waals surface area contributed by atoms with Crippen LogP contribution in [0.15, 0.2) is 61.4 Å². The normalized spacial score (nSPS) is 13.7. The van der Waals surface area contributed by atoms with Crippen LogP contribution in [-0.4, -0.2) is 43.9 Å². The van der Waals surface area contributed by atoms with Gasteiger partial charge in [-0.3, -0.25) is 14.5 Å². The summed E-state index contributed by atoms with van der Waals surface area (Å²) in [5.41, 5.74) is 4.48. The Hall–Kier alpha value is -4.51. The summed E-state index contributed by atoms with van der Waals surface area (Å²) >= 11 is 0. The van der Waals surface area contributed by atoms with Crippen LogP contribution in [0, 0.1) is 0 Å². The Kier molecular flexibility index (Phi) is 7.05. The largest absolute Gasteiger partial charge is 0.435 e. The molecule has 0 fully saturated rings. The first-order valence-electron chi connectivity index (χ1n) is 13.6. The van der Waals surface area contributed by atoms with Crippen LogP contribution in [0.25, 0.3) is 22.0 Å². The number of halogens is 3. The number of hydrogen-bond acceptors (Lipinski definition) is 5. The van der Waals surface area contributed by atoms with Gasteiger partial charge in [0.05, 0.1) is 24.1 Å². The van der Waals surface area contributed by atoms with Gasteiger partial charge in [-0.15, -0.1) is 0 Å². The van der Waals surface area contributed by atoms with Gasteiger partial charge < -0.3 is 14.2 Å². The van der Waals surface area contributed by atoms with E-state index in [4.69, 9.17) is 4.74 Å². The van der Waals surface area contributed by atoms with Crippen molar-refractivity contribution in [3.8, 4) is 11.1 Å². The topological polar surface area (TPSA) is 78.1 Å². The Morgan fingerprint density at radius 3 is 2.57 bits per heavy atom. The summed E-state index contributed by atoms with van der Waals surface area (Å²) in [5.74, 6) is -0.273. The van der Waals surface area contributed by atoms with Crippen LogP contribution in [0.3, 0.4) is 0 Å². The number of imidazole rings is 1. The molecule has 0 N–H and O–H groups in total. The Morgan fingerprint density at radius 1 is 1.05 bits per heavy atom. The SMILES string of the molecule is CCc1cc(COC)c2nccc(N3CCc4c(cc(Cn5ccnc5)cc4-c4cn(C)nc4C(F)(F)F)C3=O)c2c1. The van der Waals surface area contributed by atoms with E-state index in [1.54, 1.807) is 49.1 Å². The van der Waals surface area contributed by atoms with Crippen molar-refractivity contribution in [3.63, 3.8) is 0 Å². The number of nitrogens with zero attached hydrogens (tertiary/aromatic N) is 6. The highest BCUT2D eigenvalue weighted by atomic mass is 19.4. The molecule has 216 valence electrons. The maximum absolute atomic E-state index is 14.3. The van der Waals surface area contributed by atoms with Gasteiger partial charge in [0.25, 0.3) is 5.91 Å².